The van der Waals surface area contributed by atoms with Gasteiger partial charge < -0.3 is 9.64 Å². The van der Waals surface area contributed by atoms with E-state index < -0.39 is 14.7 Å². The largest absolute Gasteiger partial charge is 0.444 e. The summed E-state index contributed by atoms with van der Waals surface area (Å²) in [7, 11) is 1.57. The third-order valence-electron chi connectivity index (χ3n) is 3.16. The van der Waals surface area contributed by atoms with Gasteiger partial charge in [-0.25, -0.2) is 18.2 Å². The number of hydrogen-bond acceptors (Lipinski definition) is 6. The molecule has 1 atom stereocenters. The number of ether oxygens (including phenoxy) is 1. The quantitative estimate of drug-likeness (QED) is 0.751. The number of thiazole rings is 1. The smallest absolute Gasteiger partial charge is 0.410 e. The SMILES string of the molecule is CC(C)(C)OC(=O)N1CCCC(c2ncc(S(=O)(=O)Cl)s2)C1. The number of hydrogen-bond donors (Lipinski definition) is 0. The Morgan fingerprint density at radius 1 is 1.50 bits per heavy atom. The second-order valence-corrected chi connectivity index (χ2v) is 10.1. The summed E-state index contributed by atoms with van der Waals surface area (Å²) in [6.45, 7) is 6.59. The van der Waals surface area contributed by atoms with Crippen LogP contribution in [-0.4, -0.2) is 43.1 Å². The van der Waals surface area contributed by atoms with Crippen LogP contribution in [0, 0.1) is 0 Å². The van der Waals surface area contributed by atoms with Crippen molar-refractivity contribution in [2.45, 2.75) is 49.3 Å². The van der Waals surface area contributed by atoms with Crippen molar-refractivity contribution < 1.29 is 17.9 Å². The van der Waals surface area contributed by atoms with E-state index in [1.54, 1.807) is 4.90 Å². The fourth-order valence-electron chi connectivity index (χ4n) is 2.24. The molecule has 0 saturated carbocycles. The lowest BCUT2D eigenvalue weighted by Gasteiger charge is -2.33. The summed E-state index contributed by atoms with van der Waals surface area (Å²) in [6.07, 6.45) is 2.61. The van der Waals surface area contributed by atoms with E-state index in [-0.39, 0.29) is 16.2 Å². The zero-order chi connectivity index (χ0) is 16.5. The predicted molar refractivity (Wildman–Crippen MR) is 84.9 cm³/mol. The first-order chi connectivity index (χ1) is 10.1. The highest BCUT2D eigenvalue weighted by atomic mass is 35.7. The van der Waals surface area contributed by atoms with Gasteiger partial charge in [-0.1, -0.05) is 0 Å². The average Bonchev–Trinajstić information content (AvgIpc) is 2.86. The zero-order valence-electron chi connectivity index (χ0n) is 12.7. The molecule has 1 aliphatic rings. The molecule has 9 heteroatoms. The summed E-state index contributed by atoms with van der Waals surface area (Å²) in [5.74, 6) is 0.0124. The third-order valence-corrected chi connectivity index (χ3v) is 6.39. The molecule has 0 N–H and O–H groups in total. The molecule has 1 fully saturated rings. The Morgan fingerprint density at radius 3 is 2.73 bits per heavy atom. The minimum atomic E-state index is -3.75. The molecule has 0 bridgehead atoms. The van der Waals surface area contributed by atoms with E-state index in [0.29, 0.717) is 18.1 Å². The van der Waals surface area contributed by atoms with Gasteiger partial charge in [0.15, 0.2) is 4.21 Å². The van der Waals surface area contributed by atoms with Gasteiger partial charge in [0.05, 0.1) is 11.2 Å². The molecule has 2 rings (SSSR count). The van der Waals surface area contributed by atoms with Crippen LogP contribution in [0.3, 0.4) is 0 Å². The monoisotopic (exact) mass is 366 g/mol. The number of carbonyl (C=O) groups is 1. The Bertz CT molecular complexity index is 651. The van der Waals surface area contributed by atoms with Gasteiger partial charge in [-0.05, 0) is 33.6 Å². The Hall–Kier alpha value is -0.860. The third kappa shape index (κ3) is 4.57. The number of carbonyl (C=O) groups excluding carboxylic acids is 1. The van der Waals surface area contributed by atoms with Crippen LogP contribution >= 0.6 is 22.0 Å². The number of amides is 1. The molecule has 1 aromatic heterocycles. The van der Waals surface area contributed by atoms with Crippen LogP contribution in [0.25, 0.3) is 0 Å². The van der Waals surface area contributed by atoms with Crippen molar-refractivity contribution in [2.75, 3.05) is 13.1 Å². The molecule has 1 amide bonds. The van der Waals surface area contributed by atoms with Gasteiger partial charge in [0.2, 0.25) is 0 Å². The van der Waals surface area contributed by atoms with E-state index in [1.807, 2.05) is 20.8 Å². The van der Waals surface area contributed by atoms with Gasteiger partial charge in [0.25, 0.3) is 9.05 Å². The van der Waals surface area contributed by atoms with E-state index in [4.69, 9.17) is 15.4 Å². The van der Waals surface area contributed by atoms with Gasteiger partial charge >= 0.3 is 6.09 Å². The van der Waals surface area contributed by atoms with Crippen molar-refractivity contribution in [2.24, 2.45) is 0 Å². The van der Waals surface area contributed by atoms with Crippen molar-refractivity contribution in [1.82, 2.24) is 9.88 Å². The molecule has 1 aliphatic heterocycles. The summed E-state index contributed by atoms with van der Waals surface area (Å²) in [4.78, 5) is 17.9. The first-order valence-corrected chi connectivity index (χ1v) is 10.1. The highest BCUT2D eigenvalue weighted by Gasteiger charge is 2.30. The maximum absolute atomic E-state index is 12.1. The van der Waals surface area contributed by atoms with Crippen molar-refractivity contribution in [3.05, 3.63) is 11.2 Å². The van der Waals surface area contributed by atoms with Crippen LogP contribution in [-0.2, 0) is 13.8 Å². The second-order valence-electron chi connectivity index (χ2n) is 6.22. The lowest BCUT2D eigenvalue weighted by atomic mass is 9.99. The first kappa shape index (κ1) is 17.5. The Kier molecular flexibility index (Phi) is 5.03. The van der Waals surface area contributed by atoms with Crippen LogP contribution in [0.1, 0.15) is 44.5 Å². The number of rotatable bonds is 2. The molecule has 0 spiro atoms. The number of piperidine rings is 1. The molecule has 1 unspecified atom stereocenters. The number of nitrogens with zero attached hydrogens (tertiary/aromatic N) is 2. The van der Waals surface area contributed by atoms with Gasteiger partial charge in [0.1, 0.15) is 5.60 Å². The molecule has 124 valence electrons. The van der Waals surface area contributed by atoms with Crippen molar-refractivity contribution in [1.29, 1.82) is 0 Å². The molecule has 0 radical (unpaired) electrons. The van der Waals surface area contributed by atoms with Crippen LogP contribution in [0.5, 0.6) is 0 Å². The molecule has 1 aromatic rings. The van der Waals surface area contributed by atoms with Gasteiger partial charge in [-0.3, -0.25) is 0 Å². The van der Waals surface area contributed by atoms with E-state index in [0.717, 1.165) is 24.2 Å². The molecule has 1 saturated heterocycles. The van der Waals surface area contributed by atoms with Gasteiger partial charge in [0, 0.05) is 29.7 Å². The summed E-state index contributed by atoms with van der Waals surface area (Å²) < 4.78 is 28.0. The van der Waals surface area contributed by atoms with E-state index in [2.05, 4.69) is 4.98 Å². The molecular weight excluding hydrogens is 348 g/mol. The summed E-state index contributed by atoms with van der Waals surface area (Å²) in [5, 5.41) is 0.687. The summed E-state index contributed by atoms with van der Waals surface area (Å²) in [5.41, 5.74) is -0.537. The molecule has 0 aromatic carbocycles. The van der Waals surface area contributed by atoms with E-state index in [1.165, 1.54) is 6.20 Å². The average molecular weight is 367 g/mol. The Morgan fingerprint density at radius 2 is 2.18 bits per heavy atom. The minimum absolute atomic E-state index is 0.0124. The topological polar surface area (TPSA) is 76.6 Å². The van der Waals surface area contributed by atoms with Crippen molar-refractivity contribution >= 4 is 37.2 Å². The standard InChI is InChI=1S/C13H19ClN2O4S2/c1-13(2,3)20-12(17)16-6-4-5-9(8-16)11-15-7-10(21-11)22(14,18)19/h7,9H,4-6,8H2,1-3H3. The van der Waals surface area contributed by atoms with Crippen molar-refractivity contribution in [3.63, 3.8) is 0 Å². The highest BCUT2D eigenvalue weighted by molar-refractivity contribution is 8.15. The maximum Gasteiger partial charge on any atom is 0.410 e. The Balaban J connectivity index is 2.07. The normalized spacial score (nSPS) is 20.0. The van der Waals surface area contributed by atoms with Gasteiger partial charge in [-0.2, -0.15) is 0 Å². The summed E-state index contributed by atoms with van der Waals surface area (Å²) >= 11 is 1.06. The molecule has 22 heavy (non-hydrogen) atoms. The van der Waals surface area contributed by atoms with E-state index >= 15 is 0 Å². The molecule has 2 heterocycles. The van der Waals surface area contributed by atoms with Crippen LogP contribution < -0.4 is 0 Å². The molecular formula is C13H19ClN2O4S2. The van der Waals surface area contributed by atoms with Gasteiger partial charge in [-0.15, -0.1) is 11.3 Å². The summed E-state index contributed by atoms with van der Waals surface area (Å²) in [6, 6.07) is 0. The fraction of sp³-hybridized carbons (Fsp3) is 0.692. The number of aromatic nitrogens is 1. The van der Waals surface area contributed by atoms with Crippen LogP contribution in [0.2, 0.25) is 0 Å². The lowest BCUT2D eigenvalue weighted by molar-refractivity contribution is 0.0198. The maximum atomic E-state index is 12.1. The van der Waals surface area contributed by atoms with E-state index in [9.17, 15) is 13.2 Å². The van der Waals surface area contributed by atoms with Crippen LogP contribution in [0.15, 0.2) is 10.4 Å². The number of likely N-dealkylation sites (tertiary alicyclic amines) is 1. The lowest BCUT2D eigenvalue weighted by Crippen LogP contribution is -2.42. The molecule has 6 nitrogen and oxygen atoms in total. The van der Waals surface area contributed by atoms with Crippen molar-refractivity contribution in [3.8, 4) is 0 Å². The second kappa shape index (κ2) is 6.33. The highest BCUT2D eigenvalue weighted by Crippen LogP contribution is 2.33. The van der Waals surface area contributed by atoms with Crippen LogP contribution in [0.4, 0.5) is 4.79 Å². The fourth-order valence-corrected chi connectivity index (χ4v) is 4.26. The Labute approximate surface area is 138 Å². The minimum Gasteiger partial charge on any atom is -0.444 e. The molecule has 0 aliphatic carbocycles. The first-order valence-electron chi connectivity index (χ1n) is 6.94. The predicted octanol–water partition coefficient (Wildman–Crippen LogP) is 3.19. The zero-order valence-corrected chi connectivity index (χ0v) is 15.1. The number of halogens is 1.